The Hall–Kier alpha value is -1.61. The number of aryl methyl sites for hydroxylation is 1. The van der Waals surface area contributed by atoms with Crippen LogP contribution in [0.3, 0.4) is 0 Å². The molecule has 100 valence electrons. The number of hydrogen-bond donors (Lipinski definition) is 1. The van der Waals surface area contributed by atoms with Gasteiger partial charge < -0.3 is 9.88 Å². The van der Waals surface area contributed by atoms with Crippen molar-refractivity contribution in [3.05, 3.63) is 53.6 Å². The van der Waals surface area contributed by atoms with E-state index in [-0.39, 0.29) is 0 Å². The molecule has 0 amide bonds. The summed E-state index contributed by atoms with van der Waals surface area (Å²) in [4.78, 5) is 4.27. The quantitative estimate of drug-likeness (QED) is 0.887. The first-order valence-electron chi connectivity index (χ1n) is 7.05. The first-order chi connectivity index (χ1) is 9.25. The number of benzene rings is 1. The summed E-state index contributed by atoms with van der Waals surface area (Å²) >= 11 is 0. The number of aromatic nitrogens is 2. The van der Waals surface area contributed by atoms with Gasteiger partial charge in [0.25, 0.3) is 0 Å². The van der Waals surface area contributed by atoms with Crippen LogP contribution in [0.15, 0.2) is 36.8 Å². The normalized spacial score (nSPS) is 16.5. The third-order valence-electron chi connectivity index (χ3n) is 3.93. The Labute approximate surface area is 114 Å². The molecule has 1 aromatic carbocycles. The van der Waals surface area contributed by atoms with E-state index >= 15 is 0 Å². The lowest BCUT2D eigenvalue weighted by Gasteiger charge is -2.17. The molecule has 0 unspecified atom stereocenters. The van der Waals surface area contributed by atoms with Gasteiger partial charge in [0.1, 0.15) is 0 Å². The minimum absolute atomic E-state index is 0.365. The lowest BCUT2D eigenvalue weighted by Crippen LogP contribution is -2.20. The van der Waals surface area contributed by atoms with E-state index in [4.69, 9.17) is 0 Å². The molecule has 19 heavy (non-hydrogen) atoms. The number of nitrogens with zero attached hydrogens (tertiary/aromatic N) is 2. The third-order valence-corrected chi connectivity index (χ3v) is 3.93. The molecular formula is C16H21N3. The van der Waals surface area contributed by atoms with E-state index in [1.165, 1.54) is 29.7 Å². The maximum Gasteiger partial charge on any atom is 0.0951 e. The van der Waals surface area contributed by atoms with Crippen LogP contribution in [0, 0.1) is 6.92 Å². The fourth-order valence-corrected chi connectivity index (χ4v) is 2.59. The summed E-state index contributed by atoms with van der Waals surface area (Å²) in [6, 6.07) is 9.63. The van der Waals surface area contributed by atoms with Crippen molar-refractivity contribution in [2.45, 2.75) is 45.3 Å². The highest BCUT2D eigenvalue weighted by molar-refractivity contribution is 5.28. The number of hydrogen-bond acceptors (Lipinski definition) is 2. The SMILES string of the molecule is Cc1ccccc1[C@@H](C)NCc1cncn1C1CC1. The van der Waals surface area contributed by atoms with Crippen LogP contribution >= 0.6 is 0 Å². The summed E-state index contributed by atoms with van der Waals surface area (Å²) in [7, 11) is 0. The van der Waals surface area contributed by atoms with Crippen LogP contribution in [-0.2, 0) is 6.54 Å². The largest absolute Gasteiger partial charge is 0.330 e. The molecule has 0 spiro atoms. The number of nitrogens with one attached hydrogen (secondary N) is 1. The smallest absolute Gasteiger partial charge is 0.0951 e. The Bertz CT molecular complexity index is 555. The second kappa shape index (κ2) is 5.17. The molecule has 2 aromatic rings. The maximum absolute atomic E-state index is 4.27. The average Bonchev–Trinajstić information content (AvgIpc) is 3.15. The Morgan fingerprint density at radius 2 is 2.16 bits per heavy atom. The van der Waals surface area contributed by atoms with Crippen LogP contribution in [0.5, 0.6) is 0 Å². The Kier molecular flexibility index (Phi) is 3.38. The van der Waals surface area contributed by atoms with Gasteiger partial charge in [-0.05, 0) is 37.8 Å². The highest BCUT2D eigenvalue weighted by Gasteiger charge is 2.25. The Morgan fingerprint density at radius 1 is 1.37 bits per heavy atom. The van der Waals surface area contributed by atoms with E-state index in [1.807, 2.05) is 12.5 Å². The lowest BCUT2D eigenvalue weighted by atomic mass is 10.0. The van der Waals surface area contributed by atoms with Crippen LogP contribution in [0.2, 0.25) is 0 Å². The van der Waals surface area contributed by atoms with E-state index in [9.17, 15) is 0 Å². The van der Waals surface area contributed by atoms with Crippen LogP contribution in [-0.4, -0.2) is 9.55 Å². The van der Waals surface area contributed by atoms with Crippen molar-refractivity contribution in [3.8, 4) is 0 Å². The van der Waals surface area contributed by atoms with Gasteiger partial charge in [0, 0.05) is 24.8 Å². The van der Waals surface area contributed by atoms with Crippen LogP contribution in [0.1, 0.15) is 48.7 Å². The van der Waals surface area contributed by atoms with Crippen molar-refractivity contribution in [1.82, 2.24) is 14.9 Å². The summed E-state index contributed by atoms with van der Waals surface area (Å²) in [5.41, 5.74) is 4.01. The molecule has 1 atom stereocenters. The molecule has 0 aliphatic heterocycles. The third kappa shape index (κ3) is 2.71. The predicted molar refractivity (Wildman–Crippen MR) is 76.9 cm³/mol. The molecule has 1 aliphatic carbocycles. The summed E-state index contributed by atoms with van der Waals surface area (Å²) in [5, 5.41) is 3.60. The first kappa shape index (κ1) is 12.4. The van der Waals surface area contributed by atoms with Gasteiger partial charge in [0.05, 0.1) is 12.0 Å². The Balaban J connectivity index is 1.65. The fourth-order valence-electron chi connectivity index (χ4n) is 2.59. The van der Waals surface area contributed by atoms with E-state index < -0.39 is 0 Å². The van der Waals surface area contributed by atoms with Crippen molar-refractivity contribution in [1.29, 1.82) is 0 Å². The molecule has 3 heteroatoms. The van der Waals surface area contributed by atoms with Gasteiger partial charge in [0.2, 0.25) is 0 Å². The zero-order chi connectivity index (χ0) is 13.2. The van der Waals surface area contributed by atoms with Gasteiger partial charge in [-0.25, -0.2) is 4.98 Å². The van der Waals surface area contributed by atoms with Crippen molar-refractivity contribution in [2.75, 3.05) is 0 Å². The van der Waals surface area contributed by atoms with Gasteiger partial charge in [0.15, 0.2) is 0 Å². The lowest BCUT2D eigenvalue weighted by molar-refractivity contribution is 0.545. The van der Waals surface area contributed by atoms with Crippen molar-refractivity contribution >= 4 is 0 Å². The number of rotatable bonds is 5. The van der Waals surface area contributed by atoms with Crippen LogP contribution < -0.4 is 5.32 Å². The van der Waals surface area contributed by atoms with E-state index in [1.54, 1.807) is 0 Å². The fraction of sp³-hybridized carbons (Fsp3) is 0.438. The first-order valence-corrected chi connectivity index (χ1v) is 7.05. The second-order valence-electron chi connectivity index (χ2n) is 5.48. The van der Waals surface area contributed by atoms with Crippen molar-refractivity contribution in [2.24, 2.45) is 0 Å². The second-order valence-corrected chi connectivity index (χ2v) is 5.48. The molecule has 1 saturated carbocycles. The molecule has 0 saturated heterocycles. The summed E-state index contributed by atoms with van der Waals surface area (Å²) in [6.45, 7) is 5.27. The molecule has 0 radical (unpaired) electrons. The minimum Gasteiger partial charge on any atom is -0.330 e. The topological polar surface area (TPSA) is 29.9 Å². The highest BCUT2D eigenvalue weighted by atomic mass is 15.1. The minimum atomic E-state index is 0.365. The molecule has 1 fully saturated rings. The van der Waals surface area contributed by atoms with Crippen molar-refractivity contribution in [3.63, 3.8) is 0 Å². The molecule has 1 aromatic heterocycles. The summed E-state index contributed by atoms with van der Waals surface area (Å²) in [5.74, 6) is 0. The molecule has 0 bridgehead atoms. The predicted octanol–water partition coefficient (Wildman–Crippen LogP) is 3.38. The van der Waals surface area contributed by atoms with Gasteiger partial charge in [-0.15, -0.1) is 0 Å². The molecule has 3 nitrogen and oxygen atoms in total. The van der Waals surface area contributed by atoms with Crippen molar-refractivity contribution < 1.29 is 0 Å². The maximum atomic E-state index is 4.27. The summed E-state index contributed by atoms with van der Waals surface area (Å²) in [6.07, 6.45) is 6.55. The molecular weight excluding hydrogens is 234 g/mol. The zero-order valence-electron chi connectivity index (χ0n) is 11.6. The standard InChI is InChI=1S/C16H21N3/c1-12-5-3-4-6-16(12)13(2)18-10-15-9-17-11-19(15)14-7-8-14/h3-6,9,11,13-14,18H,7-8,10H2,1-2H3/t13-/m1/s1. The van der Waals surface area contributed by atoms with Gasteiger partial charge in [-0.2, -0.15) is 0 Å². The van der Waals surface area contributed by atoms with Gasteiger partial charge in [-0.1, -0.05) is 24.3 Å². The zero-order valence-corrected chi connectivity index (χ0v) is 11.6. The Morgan fingerprint density at radius 3 is 2.89 bits per heavy atom. The van der Waals surface area contributed by atoms with E-state index in [0.29, 0.717) is 12.1 Å². The van der Waals surface area contributed by atoms with E-state index in [0.717, 1.165) is 6.54 Å². The molecule has 3 rings (SSSR count). The highest BCUT2D eigenvalue weighted by Crippen LogP contribution is 2.35. The van der Waals surface area contributed by atoms with Gasteiger partial charge in [-0.3, -0.25) is 0 Å². The van der Waals surface area contributed by atoms with Crippen LogP contribution in [0.4, 0.5) is 0 Å². The monoisotopic (exact) mass is 255 g/mol. The van der Waals surface area contributed by atoms with Gasteiger partial charge >= 0.3 is 0 Å². The average molecular weight is 255 g/mol. The summed E-state index contributed by atoms with van der Waals surface area (Å²) < 4.78 is 2.32. The molecule has 1 heterocycles. The molecule has 1 N–H and O–H groups in total. The van der Waals surface area contributed by atoms with Crippen LogP contribution in [0.25, 0.3) is 0 Å². The van der Waals surface area contributed by atoms with E-state index in [2.05, 4.69) is 53.0 Å². The number of imidazole rings is 1. The molecule has 1 aliphatic rings.